The summed E-state index contributed by atoms with van der Waals surface area (Å²) in [5, 5.41) is 8.16. The zero-order valence-electron chi connectivity index (χ0n) is 17.0. The number of rotatable bonds is 7. The van der Waals surface area contributed by atoms with Crippen LogP contribution in [0.3, 0.4) is 0 Å². The largest absolute Gasteiger partial charge is 0.497 e. The van der Waals surface area contributed by atoms with Crippen LogP contribution in [0.5, 0.6) is 11.5 Å². The molecule has 0 radical (unpaired) electrons. The number of hydrogen-bond donors (Lipinski definition) is 1. The number of ether oxygens (including phenoxy) is 2. The van der Waals surface area contributed by atoms with Crippen LogP contribution in [0.15, 0.2) is 36.4 Å². The SMILES string of the molecule is COc1ccc(C(=O)n2nc(C3CCCN3)cc2CCc2ccc(Cl)s2)c(OC)c1. The van der Waals surface area contributed by atoms with Gasteiger partial charge in [0, 0.05) is 16.6 Å². The molecule has 1 aliphatic rings. The molecule has 1 saturated heterocycles. The lowest BCUT2D eigenvalue weighted by atomic mass is 10.1. The molecule has 1 aliphatic heterocycles. The average molecular weight is 446 g/mol. The van der Waals surface area contributed by atoms with Crippen LogP contribution in [0.25, 0.3) is 0 Å². The van der Waals surface area contributed by atoms with Gasteiger partial charge in [-0.15, -0.1) is 11.3 Å². The number of nitrogens with zero attached hydrogens (tertiary/aromatic N) is 2. The zero-order chi connectivity index (χ0) is 21.1. The van der Waals surface area contributed by atoms with Crippen LogP contribution in [-0.4, -0.2) is 36.5 Å². The molecular formula is C22H24ClN3O3S. The number of benzene rings is 1. The number of carbonyl (C=O) groups excluding carboxylic acids is 1. The van der Waals surface area contributed by atoms with Crippen molar-refractivity contribution in [3.8, 4) is 11.5 Å². The highest BCUT2D eigenvalue weighted by atomic mass is 35.5. The van der Waals surface area contributed by atoms with Gasteiger partial charge in [-0.3, -0.25) is 4.79 Å². The molecule has 0 saturated carbocycles. The molecule has 2 aromatic heterocycles. The Morgan fingerprint density at radius 1 is 1.23 bits per heavy atom. The first-order valence-corrected chi connectivity index (χ1v) is 11.1. The lowest BCUT2D eigenvalue weighted by Crippen LogP contribution is -2.19. The van der Waals surface area contributed by atoms with Gasteiger partial charge in [-0.2, -0.15) is 5.10 Å². The Labute approximate surface area is 184 Å². The van der Waals surface area contributed by atoms with Crippen molar-refractivity contribution in [1.29, 1.82) is 0 Å². The van der Waals surface area contributed by atoms with E-state index in [2.05, 4.69) is 5.32 Å². The van der Waals surface area contributed by atoms with Crippen LogP contribution in [-0.2, 0) is 12.8 Å². The minimum Gasteiger partial charge on any atom is -0.497 e. The van der Waals surface area contributed by atoms with Crippen molar-refractivity contribution >= 4 is 28.8 Å². The Bertz CT molecular complexity index is 1040. The first-order valence-electron chi connectivity index (χ1n) is 9.92. The van der Waals surface area contributed by atoms with Crippen molar-refractivity contribution in [3.63, 3.8) is 0 Å². The molecule has 158 valence electrons. The third-order valence-corrected chi connectivity index (χ3v) is 6.60. The van der Waals surface area contributed by atoms with Crippen LogP contribution in [0, 0.1) is 0 Å². The van der Waals surface area contributed by atoms with Gasteiger partial charge in [-0.05, 0) is 62.6 Å². The zero-order valence-corrected chi connectivity index (χ0v) is 18.6. The molecule has 3 aromatic rings. The van der Waals surface area contributed by atoms with E-state index in [1.807, 2.05) is 18.2 Å². The van der Waals surface area contributed by atoms with Crippen molar-refractivity contribution in [2.75, 3.05) is 20.8 Å². The van der Waals surface area contributed by atoms with Crippen molar-refractivity contribution in [1.82, 2.24) is 15.1 Å². The van der Waals surface area contributed by atoms with E-state index in [-0.39, 0.29) is 11.9 Å². The van der Waals surface area contributed by atoms with Crippen molar-refractivity contribution in [3.05, 3.63) is 62.6 Å². The predicted octanol–water partition coefficient (Wildman–Crippen LogP) is 4.51. The van der Waals surface area contributed by atoms with Gasteiger partial charge in [0.15, 0.2) is 0 Å². The highest BCUT2D eigenvalue weighted by Crippen LogP contribution is 2.28. The molecule has 3 heterocycles. The molecule has 8 heteroatoms. The summed E-state index contributed by atoms with van der Waals surface area (Å²) in [6.07, 6.45) is 3.63. The molecule has 1 atom stereocenters. The van der Waals surface area contributed by atoms with E-state index in [0.29, 0.717) is 23.5 Å². The number of aromatic nitrogens is 2. The molecule has 1 aromatic carbocycles. The summed E-state index contributed by atoms with van der Waals surface area (Å²) in [6, 6.07) is 11.4. The highest BCUT2D eigenvalue weighted by Gasteiger charge is 2.25. The van der Waals surface area contributed by atoms with E-state index in [9.17, 15) is 4.79 Å². The summed E-state index contributed by atoms with van der Waals surface area (Å²) in [5.74, 6) is 0.888. The van der Waals surface area contributed by atoms with Gasteiger partial charge in [0.2, 0.25) is 0 Å². The van der Waals surface area contributed by atoms with Crippen LogP contribution in [0.2, 0.25) is 4.34 Å². The summed E-state index contributed by atoms with van der Waals surface area (Å²) < 4.78 is 13.0. The van der Waals surface area contributed by atoms with Gasteiger partial charge in [-0.1, -0.05) is 11.6 Å². The summed E-state index contributed by atoms with van der Waals surface area (Å²) in [5.41, 5.74) is 2.24. The van der Waals surface area contributed by atoms with E-state index < -0.39 is 0 Å². The number of methoxy groups -OCH3 is 2. The third kappa shape index (κ3) is 4.38. The minimum atomic E-state index is -0.210. The predicted molar refractivity (Wildman–Crippen MR) is 118 cm³/mol. The van der Waals surface area contributed by atoms with Crippen molar-refractivity contribution in [2.24, 2.45) is 0 Å². The molecule has 0 spiro atoms. The second-order valence-electron chi connectivity index (χ2n) is 7.20. The minimum absolute atomic E-state index is 0.187. The monoisotopic (exact) mass is 445 g/mol. The lowest BCUT2D eigenvalue weighted by molar-refractivity contribution is 0.0937. The van der Waals surface area contributed by atoms with E-state index in [0.717, 1.165) is 41.5 Å². The Hall–Kier alpha value is -2.35. The molecule has 4 rings (SSSR count). The number of carbonyl (C=O) groups is 1. The molecule has 1 fully saturated rings. The second-order valence-corrected chi connectivity index (χ2v) is 9.00. The van der Waals surface area contributed by atoms with E-state index in [1.54, 1.807) is 43.8 Å². The van der Waals surface area contributed by atoms with Crippen LogP contribution < -0.4 is 14.8 Å². The fourth-order valence-corrected chi connectivity index (χ4v) is 4.82. The quantitative estimate of drug-likeness (QED) is 0.579. The second kappa shape index (κ2) is 9.20. The molecule has 1 N–H and O–H groups in total. The van der Waals surface area contributed by atoms with Crippen LogP contribution in [0.4, 0.5) is 0 Å². The third-order valence-electron chi connectivity index (χ3n) is 5.31. The Balaban J connectivity index is 1.67. The van der Waals surface area contributed by atoms with E-state index >= 15 is 0 Å². The molecule has 30 heavy (non-hydrogen) atoms. The molecule has 0 bridgehead atoms. The van der Waals surface area contributed by atoms with Crippen molar-refractivity contribution in [2.45, 2.75) is 31.7 Å². The summed E-state index contributed by atoms with van der Waals surface area (Å²) in [7, 11) is 3.13. The normalized spacial score (nSPS) is 16.0. The molecule has 1 unspecified atom stereocenters. The molecule has 6 nitrogen and oxygen atoms in total. The number of thiophene rings is 1. The fraction of sp³-hybridized carbons (Fsp3) is 0.364. The molecule has 0 amide bonds. The maximum atomic E-state index is 13.4. The molecule has 0 aliphatic carbocycles. The maximum absolute atomic E-state index is 13.4. The smallest absolute Gasteiger partial charge is 0.282 e. The van der Waals surface area contributed by atoms with Gasteiger partial charge >= 0.3 is 0 Å². The number of halogens is 1. The summed E-state index contributed by atoms with van der Waals surface area (Å²) in [6.45, 7) is 0.973. The first kappa shape index (κ1) is 20.9. The van der Waals surface area contributed by atoms with Crippen LogP contribution >= 0.6 is 22.9 Å². The fourth-order valence-electron chi connectivity index (χ4n) is 3.73. The number of aryl methyl sites for hydroxylation is 2. The first-order chi connectivity index (χ1) is 14.6. The number of hydrogen-bond acceptors (Lipinski definition) is 6. The van der Waals surface area contributed by atoms with Crippen LogP contribution in [0.1, 0.15) is 45.5 Å². The Kier molecular flexibility index (Phi) is 6.41. The average Bonchev–Trinajstić information content (AvgIpc) is 3.51. The Morgan fingerprint density at radius 3 is 2.77 bits per heavy atom. The van der Waals surface area contributed by atoms with Gasteiger partial charge < -0.3 is 14.8 Å². The van der Waals surface area contributed by atoms with E-state index in [1.165, 1.54) is 9.56 Å². The van der Waals surface area contributed by atoms with Gasteiger partial charge in [0.05, 0.1) is 35.9 Å². The van der Waals surface area contributed by atoms with Gasteiger partial charge in [0.25, 0.3) is 5.91 Å². The van der Waals surface area contributed by atoms with Crippen molar-refractivity contribution < 1.29 is 14.3 Å². The topological polar surface area (TPSA) is 65.4 Å². The van der Waals surface area contributed by atoms with Gasteiger partial charge in [-0.25, -0.2) is 4.68 Å². The van der Waals surface area contributed by atoms with Gasteiger partial charge in [0.1, 0.15) is 11.5 Å². The number of nitrogens with one attached hydrogen (secondary N) is 1. The Morgan fingerprint density at radius 2 is 2.10 bits per heavy atom. The summed E-state index contributed by atoms with van der Waals surface area (Å²) in [4.78, 5) is 14.6. The van der Waals surface area contributed by atoms with E-state index in [4.69, 9.17) is 26.2 Å². The highest BCUT2D eigenvalue weighted by molar-refractivity contribution is 7.16. The lowest BCUT2D eigenvalue weighted by Gasteiger charge is -2.11. The summed E-state index contributed by atoms with van der Waals surface area (Å²) >= 11 is 7.63. The maximum Gasteiger partial charge on any atom is 0.282 e. The standard InChI is InChI=1S/C22H24ClN3O3S/c1-28-15-6-9-17(20(13-15)29-2)22(27)26-14(5-7-16-8-10-21(23)30-16)12-19(25-26)18-4-3-11-24-18/h6,8-10,12-13,18,24H,3-5,7,11H2,1-2H3. The molecular weight excluding hydrogens is 422 g/mol.